The van der Waals surface area contributed by atoms with Crippen molar-refractivity contribution in [3.63, 3.8) is 0 Å². The lowest BCUT2D eigenvalue weighted by molar-refractivity contribution is -0.255. The number of carboxylic acid groups (broad SMARTS) is 1. The topological polar surface area (TPSA) is 49.4 Å². The zero-order valence-corrected chi connectivity index (χ0v) is 11.7. The third-order valence-corrected chi connectivity index (χ3v) is 3.11. The van der Waals surface area contributed by atoms with E-state index in [1.54, 1.807) is 12.1 Å². The first kappa shape index (κ1) is 15.5. The number of rotatable bonds is 10. The fourth-order valence-electron chi connectivity index (χ4n) is 1.94. The van der Waals surface area contributed by atoms with Crippen molar-refractivity contribution in [3.8, 4) is 5.75 Å². The number of hydrogen-bond acceptors (Lipinski definition) is 3. The first-order valence-corrected chi connectivity index (χ1v) is 7.18. The summed E-state index contributed by atoms with van der Waals surface area (Å²) in [5.74, 6) is -0.436. The highest BCUT2D eigenvalue weighted by Crippen LogP contribution is 2.13. The molecule has 0 bridgehead atoms. The maximum absolute atomic E-state index is 10.6. The lowest BCUT2D eigenvalue weighted by Gasteiger charge is -2.07. The van der Waals surface area contributed by atoms with E-state index in [1.807, 2.05) is 0 Å². The molecule has 0 spiro atoms. The minimum atomic E-state index is -1.15. The van der Waals surface area contributed by atoms with Gasteiger partial charge in [-0.15, -0.1) is 0 Å². The minimum Gasteiger partial charge on any atom is -0.545 e. The van der Waals surface area contributed by atoms with Crippen molar-refractivity contribution >= 4 is 5.97 Å². The van der Waals surface area contributed by atoms with Gasteiger partial charge < -0.3 is 14.6 Å². The molecule has 3 nitrogen and oxygen atoms in total. The van der Waals surface area contributed by atoms with Crippen LogP contribution in [0.3, 0.4) is 0 Å². The second kappa shape index (κ2) is 9.42. The van der Waals surface area contributed by atoms with Crippen LogP contribution in [0.2, 0.25) is 0 Å². The molecule has 0 amide bonds. The van der Waals surface area contributed by atoms with Gasteiger partial charge in [0.2, 0.25) is 0 Å². The third kappa shape index (κ3) is 6.85. The number of aromatic carboxylic acids is 1. The maximum Gasteiger partial charge on any atom is 0.119 e. The summed E-state index contributed by atoms with van der Waals surface area (Å²) in [6, 6.07) is 6.36. The Balaban J connectivity index is 2.07. The van der Waals surface area contributed by atoms with Crippen molar-refractivity contribution in [2.24, 2.45) is 0 Å². The van der Waals surface area contributed by atoms with Gasteiger partial charge in [-0.25, -0.2) is 0 Å². The van der Waals surface area contributed by atoms with E-state index in [0.717, 1.165) is 12.2 Å². The quantitative estimate of drug-likeness (QED) is 0.609. The number of carbonyl (C=O) groups is 1. The molecule has 0 aromatic heterocycles. The van der Waals surface area contributed by atoms with Crippen molar-refractivity contribution < 1.29 is 14.6 Å². The smallest absolute Gasteiger partial charge is 0.119 e. The Labute approximate surface area is 115 Å². The SMILES string of the molecule is CCCCCCCCCOc1ccc(C(=O)[O-])cc1. The van der Waals surface area contributed by atoms with Gasteiger partial charge in [-0.1, -0.05) is 45.4 Å². The molecule has 0 radical (unpaired) electrons. The number of hydrogen-bond donors (Lipinski definition) is 0. The van der Waals surface area contributed by atoms with Gasteiger partial charge in [-0.3, -0.25) is 0 Å². The Morgan fingerprint density at radius 1 is 1.00 bits per heavy atom. The summed E-state index contributed by atoms with van der Waals surface area (Å²) in [5, 5.41) is 10.6. The Hall–Kier alpha value is -1.51. The molecule has 106 valence electrons. The highest BCUT2D eigenvalue weighted by molar-refractivity contribution is 5.85. The number of benzene rings is 1. The van der Waals surface area contributed by atoms with E-state index in [9.17, 15) is 9.90 Å². The lowest BCUT2D eigenvalue weighted by Crippen LogP contribution is -2.21. The number of carboxylic acids is 1. The predicted molar refractivity (Wildman–Crippen MR) is 74.3 cm³/mol. The summed E-state index contributed by atoms with van der Waals surface area (Å²) in [6.45, 7) is 2.91. The standard InChI is InChI=1S/C16H24O3/c1-2-3-4-5-6-7-8-13-19-15-11-9-14(10-12-15)16(17)18/h9-12H,2-8,13H2,1H3,(H,17,18)/p-1. The number of ether oxygens (including phenoxy) is 1. The molecule has 0 aliphatic rings. The van der Waals surface area contributed by atoms with E-state index in [0.29, 0.717) is 6.61 Å². The predicted octanol–water partition coefficient (Wildman–Crippen LogP) is 3.18. The van der Waals surface area contributed by atoms with Gasteiger partial charge >= 0.3 is 0 Å². The minimum absolute atomic E-state index is 0.184. The van der Waals surface area contributed by atoms with E-state index in [2.05, 4.69) is 6.92 Å². The summed E-state index contributed by atoms with van der Waals surface area (Å²) in [6.07, 6.45) is 8.78. The molecular weight excluding hydrogens is 240 g/mol. The highest BCUT2D eigenvalue weighted by atomic mass is 16.5. The van der Waals surface area contributed by atoms with Crippen LogP contribution in [0.25, 0.3) is 0 Å². The Bertz CT molecular complexity index is 357. The summed E-state index contributed by atoms with van der Waals surface area (Å²) < 4.78 is 5.56. The molecule has 0 saturated heterocycles. The number of unbranched alkanes of at least 4 members (excludes halogenated alkanes) is 6. The molecule has 3 heteroatoms. The molecule has 0 aliphatic heterocycles. The molecule has 0 saturated carbocycles. The van der Waals surface area contributed by atoms with Crippen LogP contribution in [-0.4, -0.2) is 12.6 Å². The molecule has 19 heavy (non-hydrogen) atoms. The van der Waals surface area contributed by atoms with E-state index >= 15 is 0 Å². The van der Waals surface area contributed by atoms with Gasteiger partial charge in [-0.05, 0) is 36.2 Å². The molecule has 1 aromatic rings. The van der Waals surface area contributed by atoms with Crippen molar-refractivity contribution in [2.75, 3.05) is 6.61 Å². The monoisotopic (exact) mass is 263 g/mol. The van der Waals surface area contributed by atoms with Gasteiger partial charge in [0.25, 0.3) is 0 Å². The zero-order valence-electron chi connectivity index (χ0n) is 11.7. The molecule has 0 unspecified atom stereocenters. The fourth-order valence-corrected chi connectivity index (χ4v) is 1.94. The van der Waals surface area contributed by atoms with E-state index in [4.69, 9.17) is 4.74 Å². The average Bonchev–Trinajstić information content (AvgIpc) is 2.42. The van der Waals surface area contributed by atoms with Crippen LogP contribution in [0.1, 0.15) is 62.2 Å². The summed E-state index contributed by atoms with van der Waals surface area (Å²) in [4.78, 5) is 10.6. The highest BCUT2D eigenvalue weighted by Gasteiger charge is 1.96. The maximum atomic E-state index is 10.6. The molecule has 0 heterocycles. The van der Waals surface area contributed by atoms with Gasteiger partial charge in [-0.2, -0.15) is 0 Å². The van der Waals surface area contributed by atoms with E-state index in [1.165, 1.54) is 50.7 Å². The van der Waals surface area contributed by atoms with E-state index in [-0.39, 0.29) is 5.56 Å². The van der Waals surface area contributed by atoms with Gasteiger partial charge in [0, 0.05) is 0 Å². The van der Waals surface area contributed by atoms with Crippen LogP contribution >= 0.6 is 0 Å². The van der Waals surface area contributed by atoms with Crippen LogP contribution in [-0.2, 0) is 0 Å². The second-order valence-corrected chi connectivity index (χ2v) is 4.78. The summed E-state index contributed by atoms with van der Waals surface area (Å²) in [7, 11) is 0. The molecular formula is C16H23O3-. The van der Waals surface area contributed by atoms with Gasteiger partial charge in [0.05, 0.1) is 12.6 Å². The molecule has 0 fully saturated rings. The van der Waals surface area contributed by atoms with Crippen LogP contribution < -0.4 is 9.84 Å². The molecule has 0 N–H and O–H groups in total. The summed E-state index contributed by atoms with van der Waals surface area (Å²) in [5.41, 5.74) is 0.184. The molecule has 1 rings (SSSR count). The zero-order chi connectivity index (χ0) is 13.9. The van der Waals surface area contributed by atoms with E-state index < -0.39 is 5.97 Å². The summed E-state index contributed by atoms with van der Waals surface area (Å²) >= 11 is 0. The van der Waals surface area contributed by atoms with Crippen molar-refractivity contribution in [1.82, 2.24) is 0 Å². The van der Waals surface area contributed by atoms with Crippen molar-refractivity contribution in [1.29, 1.82) is 0 Å². The van der Waals surface area contributed by atoms with Gasteiger partial charge in [0.1, 0.15) is 5.75 Å². The third-order valence-electron chi connectivity index (χ3n) is 3.11. The normalized spacial score (nSPS) is 10.4. The number of carbonyl (C=O) groups excluding carboxylic acids is 1. The largest absolute Gasteiger partial charge is 0.545 e. The van der Waals surface area contributed by atoms with Crippen molar-refractivity contribution in [3.05, 3.63) is 29.8 Å². The van der Waals surface area contributed by atoms with Crippen LogP contribution in [0.4, 0.5) is 0 Å². The first-order valence-electron chi connectivity index (χ1n) is 7.18. The Morgan fingerprint density at radius 2 is 1.58 bits per heavy atom. The Morgan fingerprint density at radius 3 is 2.16 bits per heavy atom. The Kier molecular flexibility index (Phi) is 7.71. The fraction of sp³-hybridized carbons (Fsp3) is 0.562. The molecule has 0 atom stereocenters. The first-order chi connectivity index (χ1) is 9.24. The molecule has 0 aliphatic carbocycles. The van der Waals surface area contributed by atoms with Crippen LogP contribution in [0.5, 0.6) is 5.75 Å². The lowest BCUT2D eigenvalue weighted by atomic mass is 10.1. The van der Waals surface area contributed by atoms with Gasteiger partial charge in [0.15, 0.2) is 0 Å². The van der Waals surface area contributed by atoms with Crippen LogP contribution in [0, 0.1) is 0 Å². The van der Waals surface area contributed by atoms with Crippen LogP contribution in [0.15, 0.2) is 24.3 Å². The second-order valence-electron chi connectivity index (χ2n) is 4.78. The van der Waals surface area contributed by atoms with Crippen molar-refractivity contribution in [2.45, 2.75) is 51.9 Å². The molecule has 1 aromatic carbocycles. The average molecular weight is 263 g/mol.